The Hall–Kier alpha value is -2.82. The maximum atomic E-state index is 11.0. The van der Waals surface area contributed by atoms with Gasteiger partial charge >= 0.3 is 5.97 Å². The number of aromatic carboxylic acids is 1. The molecule has 5 nitrogen and oxygen atoms in total. The number of carboxylic acids is 1. The minimum absolute atomic E-state index is 0.271. The summed E-state index contributed by atoms with van der Waals surface area (Å²) in [5, 5.41) is 12.4. The molecule has 21 heavy (non-hydrogen) atoms. The standard InChI is InChI=1S/C16H15N3O2/c1-19-14-9-11(16(20)21)7-8-13(14)18-15(19)10-17-12-5-3-2-4-6-12/h2-9,17H,10H2,1H3,(H,20,21). The number of hydrogen-bond donors (Lipinski definition) is 2. The van der Waals surface area contributed by atoms with E-state index in [0.717, 1.165) is 22.5 Å². The van der Waals surface area contributed by atoms with E-state index in [1.807, 2.05) is 41.9 Å². The maximum absolute atomic E-state index is 11.0. The van der Waals surface area contributed by atoms with Crippen LogP contribution in [0.3, 0.4) is 0 Å². The van der Waals surface area contributed by atoms with E-state index < -0.39 is 5.97 Å². The molecule has 3 aromatic rings. The lowest BCUT2D eigenvalue weighted by Gasteiger charge is -2.06. The van der Waals surface area contributed by atoms with E-state index in [1.54, 1.807) is 18.2 Å². The third-order valence-electron chi connectivity index (χ3n) is 3.44. The molecule has 0 saturated carbocycles. The normalized spacial score (nSPS) is 10.7. The molecular weight excluding hydrogens is 266 g/mol. The molecule has 0 fully saturated rings. The lowest BCUT2D eigenvalue weighted by Crippen LogP contribution is -2.05. The second-order valence-electron chi connectivity index (χ2n) is 4.82. The molecule has 5 heteroatoms. The molecule has 0 aliphatic carbocycles. The molecule has 2 N–H and O–H groups in total. The number of aryl methyl sites for hydroxylation is 1. The highest BCUT2D eigenvalue weighted by Crippen LogP contribution is 2.18. The van der Waals surface area contributed by atoms with Crippen LogP contribution in [-0.2, 0) is 13.6 Å². The number of nitrogens with zero attached hydrogens (tertiary/aromatic N) is 2. The first-order valence-corrected chi connectivity index (χ1v) is 6.63. The van der Waals surface area contributed by atoms with Crippen LogP contribution in [-0.4, -0.2) is 20.6 Å². The van der Waals surface area contributed by atoms with E-state index in [-0.39, 0.29) is 5.56 Å². The zero-order chi connectivity index (χ0) is 14.8. The number of carbonyl (C=O) groups is 1. The number of nitrogens with one attached hydrogen (secondary N) is 1. The number of rotatable bonds is 4. The van der Waals surface area contributed by atoms with Gasteiger partial charge in [-0.05, 0) is 30.3 Å². The fourth-order valence-electron chi connectivity index (χ4n) is 2.27. The molecule has 3 rings (SSSR count). The summed E-state index contributed by atoms with van der Waals surface area (Å²) in [5.74, 6) is -0.0709. The summed E-state index contributed by atoms with van der Waals surface area (Å²) >= 11 is 0. The van der Waals surface area contributed by atoms with Crippen molar-refractivity contribution in [1.29, 1.82) is 0 Å². The van der Waals surface area contributed by atoms with Gasteiger partial charge in [0.05, 0.1) is 23.1 Å². The lowest BCUT2D eigenvalue weighted by atomic mass is 10.2. The molecule has 0 unspecified atom stereocenters. The molecule has 0 radical (unpaired) electrons. The van der Waals surface area contributed by atoms with E-state index in [0.29, 0.717) is 6.54 Å². The summed E-state index contributed by atoms with van der Waals surface area (Å²) in [6.07, 6.45) is 0. The summed E-state index contributed by atoms with van der Waals surface area (Å²) in [6, 6.07) is 14.9. The Labute approximate surface area is 121 Å². The number of imidazole rings is 1. The van der Waals surface area contributed by atoms with Crippen molar-refractivity contribution in [1.82, 2.24) is 9.55 Å². The molecule has 0 amide bonds. The van der Waals surface area contributed by atoms with Gasteiger partial charge < -0.3 is 15.0 Å². The second-order valence-corrected chi connectivity index (χ2v) is 4.82. The first kappa shape index (κ1) is 13.2. The number of carboxylic acid groups (broad SMARTS) is 1. The largest absolute Gasteiger partial charge is 0.478 e. The fourth-order valence-corrected chi connectivity index (χ4v) is 2.27. The van der Waals surface area contributed by atoms with Crippen LogP contribution in [0.1, 0.15) is 16.2 Å². The van der Waals surface area contributed by atoms with Gasteiger partial charge in [-0.2, -0.15) is 0 Å². The molecule has 0 saturated heterocycles. The van der Waals surface area contributed by atoms with Gasteiger partial charge in [-0.1, -0.05) is 18.2 Å². The van der Waals surface area contributed by atoms with Crippen molar-refractivity contribution in [3.63, 3.8) is 0 Å². The lowest BCUT2D eigenvalue weighted by molar-refractivity contribution is 0.0697. The number of aromatic nitrogens is 2. The molecule has 1 aromatic heterocycles. The summed E-state index contributed by atoms with van der Waals surface area (Å²) in [5.41, 5.74) is 2.91. The highest BCUT2D eigenvalue weighted by molar-refractivity contribution is 5.92. The van der Waals surface area contributed by atoms with Crippen molar-refractivity contribution >= 4 is 22.7 Å². The van der Waals surface area contributed by atoms with Gasteiger partial charge in [0.15, 0.2) is 0 Å². The Balaban J connectivity index is 1.89. The smallest absolute Gasteiger partial charge is 0.335 e. The van der Waals surface area contributed by atoms with E-state index in [1.165, 1.54) is 0 Å². The van der Waals surface area contributed by atoms with Crippen molar-refractivity contribution in [2.75, 3.05) is 5.32 Å². The Morgan fingerprint density at radius 2 is 2.00 bits per heavy atom. The third kappa shape index (κ3) is 2.58. The van der Waals surface area contributed by atoms with E-state index >= 15 is 0 Å². The van der Waals surface area contributed by atoms with Gasteiger partial charge in [0.1, 0.15) is 5.82 Å². The van der Waals surface area contributed by atoms with Crippen molar-refractivity contribution in [3.8, 4) is 0 Å². The highest BCUT2D eigenvalue weighted by Gasteiger charge is 2.10. The van der Waals surface area contributed by atoms with Crippen LogP contribution in [0, 0.1) is 0 Å². The van der Waals surface area contributed by atoms with Gasteiger partial charge in [-0.25, -0.2) is 9.78 Å². The number of fused-ring (bicyclic) bond motifs is 1. The topological polar surface area (TPSA) is 67.2 Å². The monoisotopic (exact) mass is 281 g/mol. The van der Waals surface area contributed by atoms with Crippen LogP contribution >= 0.6 is 0 Å². The quantitative estimate of drug-likeness (QED) is 0.771. The van der Waals surface area contributed by atoms with Crippen molar-refractivity contribution < 1.29 is 9.90 Å². The van der Waals surface area contributed by atoms with Gasteiger partial charge in [0.25, 0.3) is 0 Å². The Bertz CT molecular complexity index is 794. The van der Waals surface area contributed by atoms with Crippen molar-refractivity contribution in [2.45, 2.75) is 6.54 Å². The molecule has 0 bridgehead atoms. The Morgan fingerprint density at radius 1 is 1.24 bits per heavy atom. The first-order chi connectivity index (χ1) is 10.1. The number of hydrogen-bond acceptors (Lipinski definition) is 3. The van der Waals surface area contributed by atoms with E-state index in [9.17, 15) is 4.79 Å². The summed E-state index contributed by atoms with van der Waals surface area (Å²) < 4.78 is 1.91. The van der Waals surface area contributed by atoms with Crippen LogP contribution in [0.25, 0.3) is 11.0 Å². The molecule has 0 aliphatic rings. The predicted octanol–water partition coefficient (Wildman–Crippen LogP) is 2.88. The third-order valence-corrected chi connectivity index (χ3v) is 3.44. The Morgan fingerprint density at radius 3 is 2.71 bits per heavy atom. The van der Waals surface area contributed by atoms with Crippen LogP contribution in [0.15, 0.2) is 48.5 Å². The molecule has 0 aliphatic heterocycles. The maximum Gasteiger partial charge on any atom is 0.335 e. The molecule has 0 spiro atoms. The van der Waals surface area contributed by atoms with Crippen LogP contribution < -0.4 is 5.32 Å². The molecule has 106 valence electrons. The predicted molar refractivity (Wildman–Crippen MR) is 81.4 cm³/mol. The van der Waals surface area contributed by atoms with Crippen LogP contribution in [0.4, 0.5) is 5.69 Å². The van der Waals surface area contributed by atoms with Crippen LogP contribution in [0.5, 0.6) is 0 Å². The highest BCUT2D eigenvalue weighted by atomic mass is 16.4. The zero-order valence-electron chi connectivity index (χ0n) is 11.6. The van der Waals surface area contributed by atoms with E-state index in [4.69, 9.17) is 5.11 Å². The first-order valence-electron chi connectivity index (χ1n) is 6.63. The summed E-state index contributed by atoms with van der Waals surface area (Å²) in [7, 11) is 1.89. The van der Waals surface area contributed by atoms with Gasteiger partial charge in [0, 0.05) is 12.7 Å². The molecule has 2 aromatic carbocycles. The van der Waals surface area contributed by atoms with E-state index in [2.05, 4.69) is 10.3 Å². The minimum atomic E-state index is -0.929. The van der Waals surface area contributed by atoms with Crippen molar-refractivity contribution in [2.24, 2.45) is 7.05 Å². The molecule has 0 atom stereocenters. The Kier molecular flexibility index (Phi) is 3.31. The zero-order valence-corrected chi connectivity index (χ0v) is 11.6. The van der Waals surface area contributed by atoms with Gasteiger partial charge in [0.2, 0.25) is 0 Å². The summed E-state index contributed by atoms with van der Waals surface area (Å²) in [4.78, 5) is 15.6. The minimum Gasteiger partial charge on any atom is -0.478 e. The number of para-hydroxylation sites is 1. The molecule has 1 heterocycles. The van der Waals surface area contributed by atoms with Crippen LogP contribution in [0.2, 0.25) is 0 Å². The molecular formula is C16H15N3O2. The second kappa shape index (κ2) is 5.28. The average Bonchev–Trinajstić information content (AvgIpc) is 2.82. The average molecular weight is 281 g/mol. The van der Waals surface area contributed by atoms with Gasteiger partial charge in [-0.3, -0.25) is 0 Å². The van der Waals surface area contributed by atoms with Gasteiger partial charge in [-0.15, -0.1) is 0 Å². The fraction of sp³-hybridized carbons (Fsp3) is 0.125. The summed E-state index contributed by atoms with van der Waals surface area (Å²) in [6.45, 7) is 0.581. The number of anilines is 1. The number of benzene rings is 2. The van der Waals surface area contributed by atoms with Crippen molar-refractivity contribution in [3.05, 3.63) is 59.9 Å². The SMILES string of the molecule is Cn1c(CNc2ccccc2)nc2ccc(C(=O)O)cc21.